The summed E-state index contributed by atoms with van der Waals surface area (Å²) in [4.78, 5) is 10.7. The van der Waals surface area contributed by atoms with Crippen molar-refractivity contribution < 1.29 is 9.90 Å². The van der Waals surface area contributed by atoms with Gasteiger partial charge < -0.3 is 5.11 Å². The van der Waals surface area contributed by atoms with Crippen molar-refractivity contribution in [1.82, 2.24) is 9.78 Å². The molecule has 0 aliphatic carbocycles. The third-order valence-electron chi connectivity index (χ3n) is 2.22. The number of nitrogens with zero attached hydrogens (tertiary/aromatic N) is 2. The van der Waals surface area contributed by atoms with E-state index in [0.717, 1.165) is 20.9 Å². The predicted molar refractivity (Wildman–Crippen MR) is 59.8 cm³/mol. The van der Waals surface area contributed by atoms with Crippen LogP contribution in [0.15, 0.2) is 22.8 Å². The molecule has 0 unspecified atom stereocenters. The van der Waals surface area contributed by atoms with Crippen molar-refractivity contribution in [2.75, 3.05) is 0 Å². The average Bonchev–Trinajstić information content (AvgIpc) is 2.46. The number of aromatic nitrogens is 2. The number of hydrogen-bond acceptors (Lipinski definition) is 2. The Morgan fingerprint density at radius 1 is 1.60 bits per heavy atom. The van der Waals surface area contributed by atoms with Gasteiger partial charge in [-0.1, -0.05) is 15.9 Å². The molecule has 1 aromatic heterocycles. The molecule has 1 aromatic carbocycles. The maximum Gasteiger partial charge on any atom is 0.307 e. The number of hydrogen-bond donors (Lipinski definition) is 1. The molecule has 0 radical (unpaired) electrons. The molecule has 0 saturated carbocycles. The minimum atomic E-state index is -0.837. The highest BCUT2D eigenvalue weighted by molar-refractivity contribution is 9.10. The Bertz CT molecular complexity index is 533. The van der Waals surface area contributed by atoms with Crippen LogP contribution >= 0.6 is 15.9 Å². The molecule has 0 spiro atoms. The summed E-state index contributed by atoms with van der Waals surface area (Å²) in [5.41, 5.74) is 1.65. The quantitative estimate of drug-likeness (QED) is 0.906. The first-order chi connectivity index (χ1) is 7.08. The first-order valence-corrected chi connectivity index (χ1v) is 5.19. The van der Waals surface area contributed by atoms with E-state index in [1.807, 2.05) is 19.2 Å². The van der Waals surface area contributed by atoms with Crippen molar-refractivity contribution in [3.63, 3.8) is 0 Å². The summed E-state index contributed by atoms with van der Waals surface area (Å²) in [6.45, 7) is 0. The number of halogens is 1. The van der Waals surface area contributed by atoms with Gasteiger partial charge in [-0.2, -0.15) is 5.10 Å². The number of carboxylic acids is 1. The normalized spacial score (nSPS) is 10.8. The monoisotopic (exact) mass is 268 g/mol. The molecule has 2 rings (SSSR count). The molecule has 15 heavy (non-hydrogen) atoms. The molecular formula is C10H9BrN2O2. The Hall–Kier alpha value is -1.36. The molecule has 0 aliphatic heterocycles. The van der Waals surface area contributed by atoms with E-state index >= 15 is 0 Å². The first kappa shape index (κ1) is 10.2. The second kappa shape index (κ2) is 3.66. The van der Waals surface area contributed by atoms with E-state index in [0.29, 0.717) is 0 Å². The van der Waals surface area contributed by atoms with Crippen LogP contribution < -0.4 is 0 Å². The van der Waals surface area contributed by atoms with E-state index in [1.54, 1.807) is 10.9 Å². The van der Waals surface area contributed by atoms with Gasteiger partial charge in [0.25, 0.3) is 0 Å². The molecular weight excluding hydrogens is 260 g/mol. The Morgan fingerprint density at radius 3 is 3.00 bits per heavy atom. The molecule has 0 fully saturated rings. The SMILES string of the molecule is Cn1ncc2cc(Br)cc(CC(=O)O)c21. The highest BCUT2D eigenvalue weighted by atomic mass is 79.9. The molecule has 0 atom stereocenters. The van der Waals surface area contributed by atoms with Crippen molar-refractivity contribution in [3.8, 4) is 0 Å². The molecule has 1 heterocycles. The summed E-state index contributed by atoms with van der Waals surface area (Å²) in [5.74, 6) is -0.837. The fourth-order valence-electron chi connectivity index (χ4n) is 1.68. The van der Waals surface area contributed by atoms with Gasteiger partial charge in [0.05, 0.1) is 18.1 Å². The van der Waals surface area contributed by atoms with Crippen molar-refractivity contribution in [1.29, 1.82) is 0 Å². The van der Waals surface area contributed by atoms with Gasteiger partial charge in [0.2, 0.25) is 0 Å². The lowest BCUT2D eigenvalue weighted by Gasteiger charge is -2.03. The van der Waals surface area contributed by atoms with Crippen molar-refractivity contribution in [3.05, 3.63) is 28.4 Å². The summed E-state index contributed by atoms with van der Waals surface area (Å²) < 4.78 is 2.57. The van der Waals surface area contributed by atoms with E-state index in [9.17, 15) is 4.79 Å². The van der Waals surface area contributed by atoms with E-state index in [2.05, 4.69) is 21.0 Å². The number of fused-ring (bicyclic) bond motifs is 1. The second-order valence-corrected chi connectivity index (χ2v) is 4.26. The van der Waals surface area contributed by atoms with Crippen molar-refractivity contribution in [2.45, 2.75) is 6.42 Å². The zero-order valence-corrected chi connectivity index (χ0v) is 9.65. The number of aryl methyl sites for hydroxylation is 1. The van der Waals surface area contributed by atoms with Crippen LogP contribution in [0, 0.1) is 0 Å². The summed E-state index contributed by atoms with van der Waals surface area (Å²) in [6.07, 6.45) is 1.74. The van der Waals surface area contributed by atoms with Crippen LogP contribution in [0.5, 0.6) is 0 Å². The highest BCUT2D eigenvalue weighted by Crippen LogP contribution is 2.24. The molecule has 1 N–H and O–H groups in total. The molecule has 0 saturated heterocycles. The minimum Gasteiger partial charge on any atom is -0.481 e. The van der Waals surface area contributed by atoms with Crippen molar-refractivity contribution in [2.24, 2.45) is 7.05 Å². The Kier molecular flexibility index (Phi) is 2.48. The number of carbonyl (C=O) groups is 1. The third-order valence-corrected chi connectivity index (χ3v) is 2.68. The van der Waals surface area contributed by atoms with Crippen LogP contribution in [-0.4, -0.2) is 20.9 Å². The second-order valence-electron chi connectivity index (χ2n) is 3.34. The lowest BCUT2D eigenvalue weighted by atomic mass is 10.1. The van der Waals surface area contributed by atoms with Gasteiger partial charge in [0, 0.05) is 16.9 Å². The third kappa shape index (κ3) is 1.87. The lowest BCUT2D eigenvalue weighted by Crippen LogP contribution is -2.03. The van der Waals surface area contributed by atoms with Crippen LogP contribution in [0.1, 0.15) is 5.56 Å². The molecule has 0 aliphatic rings. The van der Waals surface area contributed by atoms with E-state index in [-0.39, 0.29) is 6.42 Å². The maximum absolute atomic E-state index is 10.7. The van der Waals surface area contributed by atoms with Gasteiger partial charge in [-0.25, -0.2) is 0 Å². The maximum atomic E-state index is 10.7. The smallest absolute Gasteiger partial charge is 0.307 e. The number of aliphatic carboxylic acids is 1. The van der Waals surface area contributed by atoms with Crippen LogP contribution in [0.2, 0.25) is 0 Å². The van der Waals surface area contributed by atoms with Gasteiger partial charge in [-0.05, 0) is 17.7 Å². The van der Waals surface area contributed by atoms with Gasteiger partial charge >= 0.3 is 5.97 Å². The zero-order valence-electron chi connectivity index (χ0n) is 8.07. The molecule has 0 bridgehead atoms. The van der Waals surface area contributed by atoms with Crippen LogP contribution in [0.25, 0.3) is 10.9 Å². The van der Waals surface area contributed by atoms with Crippen LogP contribution in [0.4, 0.5) is 0 Å². The lowest BCUT2D eigenvalue weighted by molar-refractivity contribution is -0.136. The molecule has 78 valence electrons. The highest BCUT2D eigenvalue weighted by Gasteiger charge is 2.10. The van der Waals surface area contributed by atoms with Crippen LogP contribution in [-0.2, 0) is 18.3 Å². The average molecular weight is 269 g/mol. The van der Waals surface area contributed by atoms with Crippen molar-refractivity contribution >= 4 is 32.8 Å². The molecule has 0 amide bonds. The Balaban J connectivity index is 2.68. The van der Waals surface area contributed by atoms with E-state index < -0.39 is 5.97 Å². The molecule has 2 aromatic rings. The number of benzene rings is 1. The summed E-state index contributed by atoms with van der Waals surface area (Å²) in [5, 5.41) is 13.9. The summed E-state index contributed by atoms with van der Waals surface area (Å²) >= 11 is 3.35. The molecule has 5 heteroatoms. The largest absolute Gasteiger partial charge is 0.481 e. The summed E-state index contributed by atoms with van der Waals surface area (Å²) in [6, 6.07) is 3.74. The number of rotatable bonds is 2. The first-order valence-electron chi connectivity index (χ1n) is 4.40. The van der Waals surface area contributed by atoms with Gasteiger partial charge in [0.15, 0.2) is 0 Å². The number of carboxylic acid groups (broad SMARTS) is 1. The summed E-state index contributed by atoms with van der Waals surface area (Å²) in [7, 11) is 1.81. The fraction of sp³-hybridized carbons (Fsp3) is 0.200. The zero-order chi connectivity index (χ0) is 11.0. The fourth-order valence-corrected chi connectivity index (χ4v) is 2.20. The van der Waals surface area contributed by atoms with Gasteiger partial charge in [-0.15, -0.1) is 0 Å². The Morgan fingerprint density at radius 2 is 2.33 bits per heavy atom. The van der Waals surface area contributed by atoms with E-state index in [4.69, 9.17) is 5.11 Å². The standard InChI is InChI=1S/C10H9BrN2O2/c1-13-10-6(4-9(14)15)2-8(11)3-7(10)5-12-13/h2-3,5H,4H2,1H3,(H,14,15). The molecule has 4 nitrogen and oxygen atoms in total. The van der Waals surface area contributed by atoms with E-state index in [1.165, 1.54) is 0 Å². The van der Waals surface area contributed by atoms with Gasteiger partial charge in [-0.3, -0.25) is 9.48 Å². The minimum absolute atomic E-state index is 0.00940. The Labute approximate surface area is 94.6 Å². The van der Waals surface area contributed by atoms with Gasteiger partial charge in [0.1, 0.15) is 0 Å². The topological polar surface area (TPSA) is 55.1 Å². The van der Waals surface area contributed by atoms with Crippen LogP contribution in [0.3, 0.4) is 0 Å². The predicted octanol–water partition coefficient (Wildman–Crippen LogP) is 1.96.